The molecule has 8 heteroatoms. The Kier molecular flexibility index (Phi) is 6.99. The van der Waals surface area contributed by atoms with Crippen LogP contribution in [0, 0.1) is 12.3 Å². The summed E-state index contributed by atoms with van der Waals surface area (Å²) in [6.07, 6.45) is 8.80. The summed E-state index contributed by atoms with van der Waals surface area (Å²) in [4.78, 5) is 7.45. The Morgan fingerprint density at radius 2 is 1.96 bits per heavy atom. The second-order valence-corrected chi connectivity index (χ2v) is 8.27. The number of aryl methyl sites for hydroxylation is 1. The van der Waals surface area contributed by atoms with Crippen LogP contribution in [0.5, 0.6) is 0 Å². The van der Waals surface area contributed by atoms with Gasteiger partial charge in [0.15, 0.2) is 11.8 Å². The molecule has 3 aliphatic rings. The summed E-state index contributed by atoms with van der Waals surface area (Å²) in [6, 6.07) is 0.571. The summed E-state index contributed by atoms with van der Waals surface area (Å²) in [6.45, 7) is 6.58. The number of guanidine groups is 1. The van der Waals surface area contributed by atoms with E-state index in [4.69, 9.17) is 9.73 Å². The lowest BCUT2D eigenvalue weighted by Crippen LogP contribution is -2.45. The van der Waals surface area contributed by atoms with Gasteiger partial charge < -0.3 is 19.5 Å². The molecular weight excluding hydrogens is 455 g/mol. The maximum Gasteiger partial charge on any atom is 0.194 e. The van der Waals surface area contributed by atoms with Crippen molar-refractivity contribution in [3.8, 4) is 0 Å². The van der Waals surface area contributed by atoms with Crippen molar-refractivity contribution in [1.82, 2.24) is 25.0 Å². The first-order chi connectivity index (χ1) is 12.7. The number of halogens is 1. The molecule has 1 aromatic rings. The third-order valence-corrected chi connectivity index (χ3v) is 6.53. The van der Waals surface area contributed by atoms with E-state index < -0.39 is 0 Å². The van der Waals surface area contributed by atoms with Gasteiger partial charge in [0, 0.05) is 39.4 Å². The van der Waals surface area contributed by atoms with Crippen LogP contribution in [-0.4, -0.2) is 58.0 Å². The molecule has 2 aliphatic heterocycles. The standard InChI is InChI=1S/C19H32N6O.HI/c1-15-22-23-17(24(15)2)13-20-18(21-16-5-3-4-6-16)25-10-7-19(14-25)8-11-26-12-9-19;/h16H,3-14H2,1-2H3,(H,20,21);1H. The zero-order valence-corrected chi connectivity index (χ0v) is 18.9. The number of nitrogens with zero attached hydrogens (tertiary/aromatic N) is 5. The summed E-state index contributed by atoms with van der Waals surface area (Å²) in [5.41, 5.74) is 0.428. The van der Waals surface area contributed by atoms with Crippen molar-refractivity contribution >= 4 is 29.9 Å². The third-order valence-electron chi connectivity index (χ3n) is 6.53. The lowest BCUT2D eigenvalue weighted by Gasteiger charge is -2.34. The minimum absolute atomic E-state index is 0. The van der Waals surface area contributed by atoms with Gasteiger partial charge in [-0.05, 0) is 44.4 Å². The van der Waals surface area contributed by atoms with Crippen LogP contribution in [0.15, 0.2) is 4.99 Å². The van der Waals surface area contributed by atoms with Crippen molar-refractivity contribution in [2.75, 3.05) is 26.3 Å². The maximum absolute atomic E-state index is 5.60. The van der Waals surface area contributed by atoms with Crippen molar-refractivity contribution in [3.05, 3.63) is 11.6 Å². The monoisotopic (exact) mass is 488 g/mol. The number of hydrogen-bond donors (Lipinski definition) is 1. The fourth-order valence-corrected chi connectivity index (χ4v) is 4.55. The average molecular weight is 488 g/mol. The molecule has 1 spiro atoms. The Morgan fingerprint density at radius 3 is 2.63 bits per heavy atom. The molecule has 1 aromatic heterocycles. The van der Waals surface area contributed by atoms with E-state index in [0.717, 1.165) is 43.9 Å². The van der Waals surface area contributed by atoms with Gasteiger partial charge in [-0.2, -0.15) is 0 Å². The lowest BCUT2D eigenvalue weighted by atomic mass is 9.80. The van der Waals surface area contributed by atoms with E-state index in [1.165, 1.54) is 44.9 Å². The van der Waals surface area contributed by atoms with Crippen LogP contribution < -0.4 is 5.32 Å². The van der Waals surface area contributed by atoms with Gasteiger partial charge in [-0.25, -0.2) is 4.99 Å². The maximum atomic E-state index is 5.60. The Balaban J connectivity index is 0.00000210. The molecule has 3 fully saturated rings. The van der Waals surface area contributed by atoms with Crippen molar-refractivity contribution < 1.29 is 4.74 Å². The van der Waals surface area contributed by atoms with Crippen LogP contribution in [0.2, 0.25) is 0 Å². The minimum Gasteiger partial charge on any atom is -0.381 e. The van der Waals surface area contributed by atoms with Crippen molar-refractivity contribution in [3.63, 3.8) is 0 Å². The molecule has 0 atom stereocenters. The zero-order valence-electron chi connectivity index (χ0n) is 16.6. The van der Waals surface area contributed by atoms with E-state index >= 15 is 0 Å². The van der Waals surface area contributed by atoms with E-state index in [0.29, 0.717) is 18.0 Å². The molecular formula is C19H33IN6O. The first-order valence-corrected chi connectivity index (χ1v) is 10.1. The first-order valence-electron chi connectivity index (χ1n) is 10.1. The molecule has 2 saturated heterocycles. The smallest absolute Gasteiger partial charge is 0.194 e. The molecule has 7 nitrogen and oxygen atoms in total. The molecule has 0 radical (unpaired) electrons. The molecule has 27 heavy (non-hydrogen) atoms. The second kappa shape index (κ2) is 9.07. The van der Waals surface area contributed by atoms with Gasteiger partial charge in [-0.3, -0.25) is 0 Å². The summed E-state index contributed by atoms with van der Waals surface area (Å²) in [7, 11) is 2.01. The Bertz CT molecular complexity index is 649. The number of aromatic nitrogens is 3. The predicted octanol–water partition coefficient (Wildman–Crippen LogP) is 2.63. The van der Waals surface area contributed by atoms with Gasteiger partial charge >= 0.3 is 0 Å². The number of likely N-dealkylation sites (tertiary alicyclic amines) is 1. The third kappa shape index (κ3) is 4.75. The van der Waals surface area contributed by atoms with Crippen LogP contribution in [0.3, 0.4) is 0 Å². The van der Waals surface area contributed by atoms with E-state index in [2.05, 4.69) is 20.4 Å². The molecule has 1 aliphatic carbocycles. The van der Waals surface area contributed by atoms with E-state index in [1.54, 1.807) is 0 Å². The Labute approximate surface area is 179 Å². The lowest BCUT2D eigenvalue weighted by molar-refractivity contribution is 0.0217. The second-order valence-electron chi connectivity index (χ2n) is 8.27. The van der Waals surface area contributed by atoms with Gasteiger partial charge in [0.25, 0.3) is 0 Å². The molecule has 152 valence electrons. The Hall–Kier alpha value is -0.900. The minimum atomic E-state index is 0. The number of rotatable bonds is 3. The highest BCUT2D eigenvalue weighted by molar-refractivity contribution is 14.0. The molecule has 0 amide bonds. The molecule has 3 heterocycles. The van der Waals surface area contributed by atoms with E-state index in [9.17, 15) is 0 Å². The van der Waals surface area contributed by atoms with Gasteiger partial charge in [-0.1, -0.05) is 12.8 Å². The quantitative estimate of drug-likeness (QED) is 0.403. The van der Waals surface area contributed by atoms with Crippen molar-refractivity contribution in [2.45, 2.75) is 64.5 Å². The van der Waals surface area contributed by atoms with Crippen LogP contribution in [-0.2, 0) is 18.3 Å². The molecule has 1 saturated carbocycles. The van der Waals surface area contributed by atoms with Gasteiger partial charge in [0.1, 0.15) is 12.4 Å². The van der Waals surface area contributed by atoms with Gasteiger partial charge in [0.05, 0.1) is 0 Å². The number of aliphatic imine (C=N–C) groups is 1. The number of nitrogens with one attached hydrogen (secondary N) is 1. The van der Waals surface area contributed by atoms with Crippen LogP contribution >= 0.6 is 24.0 Å². The Morgan fingerprint density at radius 1 is 1.22 bits per heavy atom. The highest BCUT2D eigenvalue weighted by Crippen LogP contribution is 2.39. The van der Waals surface area contributed by atoms with E-state index in [-0.39, 0.29) is 24.0 Å². The highest BCUT2D eigenvalue weighted by atomic mass is 127. The van der Waals surface area contributed by atoms with Crippen molar-refractivity contribution in [2.24, 2.45) is 17.5 Å². The van der Waals surface area contributed by atoms with Gasteiger partial charge in [0.2, 0.25) is 0 Å². The van der Waals surface area contributed by atoms with Crippen LogP contribution in [0.1, 0.15) is 56.6 Å². The normalized spacial score (nSPS) is 23.0. The largest absolute Gasteiger partial charge is 0.381 e. The zero-order chi connectivity index (χ0) is 18.0. The number of hydrogen-bond acceptors (Lipinski definition) is 4. The molecule has 0 aromatic carbocycles. The number of ether oxygens (including phenoxy) is 1. The molecule has 4 rings (SSSR count). The van der Waals surface area contributed by atoms with E-state index in [1.807, 2.05) is 18.5 Å². The fourth-order valence-electron chi connectivity index (χ4n) is 4.55. The summed E-state index contributed by atoms with van der Waals surface area (Å²) < 4.78 is 7.63. The SMILES string of the molecule is Cc1nnc(CN=C(NC2CCCC2)N2CCC3(CCOCC3)C2)n1C.I. The predicted molar refractivity (Wildman–Crippen MR) is 116 cm³/mol. The highest BCUT2D eigenvalue weighted by Gasteiger charge is 2.40. The first kappa shape index (κ1) is 20.8. The average Bonchev–Trinajstić information content (AvgIpc) is 3.37. The summed E-state index contributed by atoms with van der Waals surface area (Å²) >= 11 is 0. The topological polar surface area (TPSA) is 67.6 Å². The van der Waals surface area contributed by atoms with Gasteiger partial charge in [-0.15, -0.1) is 34.2 Å². The molecule has 0 bridgehead atoms. The fraction of sp³-hybridized carbons (Fsp3) is 0.842. The molecule has 0 unspecified atom stereocenters. The summed E-state index contributed by atoms with van der Waals surface area (Å²) in [5, 5.41) is 12.2. The van der Waals surface area contributed by atoms with Crippen molar-refractivity contribution in [1.29, 1.82) is 0 Å². The molecule has 1 N–H and O–H groups in total. The summed E-state index contributed by atoms with van der Waals surface area (Å²) in [5.74, 6) is 2.93. The van der Waals surface area contributed by atoms with Crippen LogP contribution in [0.25, 0.3) is 0 Å². The van der Waals surface area contributed by atoms with Crippen LogP contribution in [0.4, 0.5) is 0 Å².